The summed E-state index contributed by atoms with van der Waals surface area (Å²) in [5, 5.41) is 9.35. The highest BCUT2D eigenvalue weighted by atomic mass is 16.3. The van der Waals surface area contributed by atoms with Crippen LogP contribution in [-0.2, 0) is 6.54 Å². The first-order valence-electron chi connectivity index (χ1n) is 8.22. The lowest BCUT2D eigenvalue weighted by atomic mass is 10.0. The Labute approximate surface area is 129 Å². The van der Waals surface area contributed by atoms with Crippen molar-refractivity contribution in [2.24, 2.45) is 5.92 Å². The van der Waals surface area contributed by atoms with Crippen LogP contribution in [0, 0.1) is 12.8 Å². The molecule has 1 saturated heterocycles. The van der Waals surface area contributed by atoms with E-state index >= 15 is 0 Å². The van der Waals surface area contributed by atoms with Gasteiger partial charge in [0.05, 0.1) is 0 Å². The Morgan fingerprint density at radius 3 is 2.67 bits per heavy atom. The third-order valence-corrected chi connectivity index (χ3v) is 4.41. The van der Waals surface area contributed by atoms with Crippen molar-refractivity contribution in [1.29, 1.82) is 0 Å². The molecule has 3 heteroatoms. The Bertz CT molecular complexity index is 433. The van der Waals surface area contributed by atoms with Crippen molar-refractivity contribution in [3.63, 3.8) is 0 Å². The molecule has 1 aliphatic rings. The molecule has 1 fully saturated rings. The van der Waals surface area contributed by atoms with Gasteiger partial charge in [0.2, 0.25) is 0 Å². The van der Waals surface area contributed by atoms with E-state index in [9.17, 15) is 5.11 Å². The fourth-order valence-electron chi connectivity index (χ4n) is 3.26. The quantitative estimate of drug-likeness (QED) is 0.872. The monoisotopic (exact) mass is 290 g/mol. The van der Waals surface area contributed by atoms with Crippen molar-refractivity contribution < 1.29 is 5.11 Å². The molecule has 0 unspecified atom stereocenters. The molecule has 0 radical (unpaired) electrons. The Kier molecular flexibility index (Phi) is 6.22. The molecule has 1 aromatic rings. The molecule has 1 aliphatic heterocycles. The zero-order valence-electron chi connectivity index (χ0n) is 13.8. The van der Waals surface area contributed by atoms with Crippen LogP contribution >= 0.6 is 0 Å². The maximum atomic E-state index is 9.35. The van der Waals surface area contributed by atoms with Crippen LogP contribution in [0.2, 0.25) is 0 Å². The van der Waals surface area contributed by atoms with Gasteiger partial charge in [-0.05, 0) is 30.4 Å². The molecule has 21 heavy (non-hydrogen) atoms. The first-order chi connectivity index (χ1) is 10.1. The summed E-state index contributed by atoms with van der Waals surface area (Å²) in [6.45, 7) is 12.5. The van der Waals surface area contributed by atoms with Crippen molar-refractivity contribution in [3.05, 3.63) is 35.4 Å². The van der Waals surface area contributed by atoms with Gasteiger partial charge in [-0.1, -0.05) is 38.1 Å². The topological polar surface area (TPSA) is 26.7 Å². The maximum Gasteiger partial charge on any atom is 0.0446 e. The normalized spacial score (nSPS) is 21.1. The number of rotatable bonds is 6. The Hall–Kier alpha value is -0.900. The standard InChI is InChI=1S/C18H30N2O/c1-15(2)12-20-10-9-19(14-18(20)8-11-21)13-17-7-5-4-6-16(17)3/h4-7,15,18,21H,8-14H2,1-3H3/t18-/m0/s1. The second-order valence-corrected chi connectivity index (χ2v) is 6.72. The van der Waals surface area contributed by atoms with Crippen molar-refractivity contribution in [1.82, 2.24) is 9.80 Å². The number of hydrogen-bond donors (Lipinski definition) is 1. The summed E-state index contributed by atoms with van der Waals surface area (Å²) in [6, 6.07) is 9.15. The van der Waals surface area contributed by atoms with Gasteiger partial charge in [-0.15, -0.1) is 0 Å². The number of aryl methyl sites for hydroxylation is 1. The molecule has 1 aromatic carbocycles. The zero-order chi connectivity index (χ0) is 15.2. The van der Waals surface area contributed by atoms with Crippen LogP contribution in [0.4, 0.5) is 0 Å². The molecule has 0 aliphatic carbocycles. The SMILES string of the molecule is Cc1ccccc1CN1CCN(CC(C)C)[C@@H](CCO)C1. The highest BCUT2D eigenvalue weighted by Crippen LogP contribution is 2.18. The Balaban J connectivity index is 1.96. The van der Waals surface area contributed by atoms with Crippen LogP contribution in [0.5, 0.6) is 0 Å². The average Bonchev–Trinajstić information content (AvgIpc) is 2.44. The molecular formula is C18H30N2O. The van der Waals surface area contributed by atoms with Gasteiger partial charge in [-0.3, -0.25) is 9.80 Å². The van der Waals surface area contributed by atoms with Crippen LogP contribution in [0.1, 0.15) is 31.4 Å². The lowest BCUT2D eigenvalue weighted by molar-refractivity contribution is 0.0476. The summed E-state index contributed by atoms with van der Waals surface area (Å²) in [4.78, 5) is 5.11. The second kappa shape index (κ2) is 7.92. The van der Waals surface area contributed by atoms with Gasteiger partial charge in [-0.2, -0.15) is 0 Å². The fourth-order valence-corrected chi connectivity index (χ4v) is 3.26. The van der Waals surface area contributed by atoms with E-state index in [-0.39, 0.29) is 6.61 Å². The molecule has 0 bridgehead atoms. The van der Waals surface area contributed by atoms with Crippen LogP contribution in [0.25, 0.3) is 0 Å². The summed E-state index contributed by atoms with van der Waals surface area (Å²) < 4.78 is 0. The third kappa shape index (κ3) is 4.80. The summed E-state index contributed by atoms with van der Waals surface area (Å²) in [6.07, 6.45) is 0.886. The molecule has 2 rings (SSSR count). The average molecular weight is 290 g/mol. The summed E-state index contributed by atoms with van der Waals surface area (Å²) in [7, 11) is 0. The molecule has 1 atom stereocenters. The van der Waals surface area contributed by atoms with E-state index in [1.165, 1.54) is 11.1 Å². The molecule has 118 valence electrons. The van der Waals surface area contributed by atoms with Crippen LogP contribution < -0.4 is 0 Å². The fraction of sp³-hybridized carbons (Fsp3) is 0.667. The number of piperazine rings is 1. The minimum atomic E-state index is 0.289. The highest BCUT2D eigenvalue weighted by molar-refractivity contribution is 5.25. The van der Waals surface area contributed by atoms with E-state index in [1.54, 1.807) is 0 Å². The van der Waals surface area contributed by atoms with Crippen molar-refractivity contribution in [2.45, 2.75) is 39.8 Å². The smallest absolute Gasteiger partial charge is 0.0446 e. The molecule has 0 amide bonds. The summed E-state index contributed by atoms with van der Waals surface area (Å²) in [5.74, 6) is 0.689. The van der Waals surface area contributed by atoms with Gasteiger partial charge in [0.1, 0.15) is 0 Å². The van der Waals surface area contributed by atoms with Crippen LogP contribution in [-0.4, -0.2) is 53.7 Å². The Morgan fingerprint density at radius 2 is 2.00 bits per heavy atom. The van der Waals surface area contributed by atoms with Gasteiger partial charge >= 0.3 is 0 Å². The minimum absolute atomic E-state index is 0.289. The van der Waals surface area contributed by atoms with E-state index < -0.39 is 0 Å². The van der Waals surface area contributed by atoms with E-state index in [0.717, 1.165) is 39.1 Å². The number of hydrogen-bond acceptors (Lipinski definition) is 3. The second-order valence-electron chi connectivity index (χ2n) is 6.72. The first-order valence-corrected chi connectivity index (χ1v) is 8.22. The van der Waals surface area contributed by atoms with Crippen molar-refractivity contribution in [2.75, 3.05) is 32.8 Å². The predicted octanol–water partition coefficient (Wildman–Crippen LogP) is 2.52. The van der Waals surface area contributed by atoms with Gasteiger partial charge in [-0.25, -0.2) is 0 Å². The lowest BCUT2D eigenvalue weighted by Crippen LogP contribution is -2.53. The van der Waals surface area contributed by atoms with Gasteiger partial charge in [0.25, 0.3) is 0 Å². The minimum Gasteiger partial charge on any atom is -0.396 e. The number of nitrogens with zero attached hydrogens (tertiary/aromatic N) is 2. The van der Waals surface area contributed by atoms with E-state index in [4.69, 9.17) is 0 Å². The van der Waals surface area contributed by atoms with Gasteiger partial charge in [0, 0.05) is 45.4 Å². The first kappa shape index (κ1) is 16.5. The zero-order valence-corrected chi connectivity index (χ0v) is 13.8. The number of aliphatic hydroxyl groups is 1. The molecule has 0 aromatic heterocycles. The van der Waals surface area contributed by atoms with Gasteiger partial charge < -0.3 is 5.11 Å². The van der Waals surface area contributed by atoms with E-state index in [0.29, 0.717) is 12.0 Å². The summed E-state index contributed by atoms with van der Waals surface area (Å²) in [5.41, 5.74) is 2.80. The van der Waals surface area contributed by atoms with Gasteiger partial charge in [0.15, 0.2) is 0 Å². The number of benzene rings is 1. The molecule has 1 N–H and O–H groups in total. The Morgan fingerprint density at radius 1 is 1.24 bits per heavy atom. The van der Waals surface area contributed by atoms with Crippen molar-refractivity contribution >= 4 is 0 Å². The number of aliphatic hydroxyl groups excluding tert-OH is 1. The van der Waals surface area contributed by atoms with Crippen LogP contribution in [0.3, 0.4) is 0 Å². The van der Waals surface area contributed by atoms with E-state index in [2.05, 4.69) is 54.8 Å². The van der Waals surface area contributed by atoms with Crippen LogP contribution in [0.15, 0.2) is 24.3 Å². The van der Waals surface area contributed by atoms with Crippen molar-refractivity contribution in [3.8, 4) is 0 Å². The highest BCUT2D eigenvalue weighted by Gasteiger charge is 2.26. The molecule has 1 heterocycles. The largest absolute Gasteiger partial charge is 0.396 e. The third-order valence-electron chi connectivity index (χ3n) is 4.41. The molecule has 0 saturated carbocycles. The predicted molar refractivity (Wildman–Crippen MR) is 88.4 cm³/mol. The molecule has 0 spiro atoms. The summed E-state index contributed by atoms with van der Waals surface area (Å²) >= 11 is 0. The molecular weight excluding hydrogens is 260 g/mol. The maximum absolute atomic E-state index is 9.35. The lowest BCUT2D eigenvalue weighted by Gasteiger charge is -2.42. The van der Waals surface area contributed by atoms with E-state index in [1.807, 2.05) is 0 Å². The molecule has 3 nitrogen and oxygen atoms in total.